The monoisotopic (exact) mass is 724 g/mol. The Balaban J connectivity index is 1.19. The predicted molar refractivity (Wildman–Crippen MR) is 237 cm³/mol. The Bertz CT molecular complexity index is 2860. The molecule has 11 rings (SSSR count). The van der Waals surface area contributed by atoms with Gasteiger partial charge in [0.15, 0.2) is 0 Å². The van der Waals surface area contributed by atoms with Crippen molar-refractivity contribution in [1.29, 1.82) is 0 Å². The molecule has 2 aromatic heterocycles. The van der Waals surface area contributed by atoms with E-state index in [1.165, 1.54) is 73.3 Å². The minimum Gasteiger partial charge on any atom is -0.310 e. The third-order valence-corrected chi connectivity index (χ3v) is 13.1. The summed E-state index contributed by atoms with van der Waals surface area (Å²) >= 11 is 3.85. The maximum absolute atomic E-state index is 2.42. The molecule has 0 fully saturated rings. The number of hydrogen-bond donors (Lipinski definition) is 0. The number of thiophene rings is 2. The van der Waals surface area contributed by atoms with Crippen molar-refractivity contribution in [2.75, 3.05) is 9.80 Å². The zero-order valence-corrected chi connectivity index (χ0v) is 30.8. The molecule has 0 aliphatic heterocycles. The van der Waals surface area contributed by atoms with Crippen LogP contribution in [-0.2, 0) is 0 Å². The van der Waals surface area contributed by atoms with Crippen LogP contribution in [0.5, 0.6) is 0 Å². The van der Waals surface area contributed by atoms with Crippen molar-refractivity contribution in [2.24, 2.45) is 0 Å². The molecule has 2 heterocycles. The van der Waals surface area contributed by atoms with Gasteiger partial charge in [0.2, 0.25) is 0 Å². The van der Waals surface area contributed by atoms with Gasteiger partial charge in [-0.1, -0.05) is 133 Å². The van der Waals surface area contributed by atoms with Crippen LogP contribution >= 0.6 is 22.7 Å². The van der Waals surface area contributed by atoms with E-state index in [2.05, 4.69) is 204 Å². The highest BCUT2D eigenvalue weighted by Crippen LogP contribution is 2.52. The van der Waals surface area contributed by atoms with E-state index in [-0.39, 0.29) is 0 Å². The van der Waals surface area contributed by atoms with Crippen LogP contribution < -0.4 is 9.80 Å². The van der Waals surface area contributed by atoms with Crippen LogP contribution in [0.1, 0.15) is 0 Å². The number of anilines is 6. The van der Waals surface area contributed by atoms with Gasteiger partial charge in [0, 0.05) is 64.5 Å². The normalized spacial score (nSPS) is 11.7. The van der Waals surface area contributed by atoms with Crippen LogP contribution in [0.15, 0.2) is 194 Å². The molecule has 0 saturated heterocycles. The summed E-state index contributed by atoms with van der Waals surface area (Å²) < 4.78 is 5.30. The molecule has 0 bridgehead atoms. The van der Waals surface area contributed by atoms with Crippen molar-refractivity contribution >= 4 is 119 Å². The second kappa shape index (κ2) is 12.6. The van der Waals surface area contributed by atoms with Crippen molar-refractivity contribution in [2.45, 2.75) is 0 Å². The Hall–Kier alpha value is -6.46. The Kier molecular flexibility index (Phi) is 7.25. The number of rotatable bonds is 6. The second-order valence-corrected chi connectivity index (χ2v) is 15.8. The Labute approximate surface area is 321 Å². The highest BCUT2D eigenvalue weighted by molar-refractivity contribution is 7.33. The molecular weight excluding hydrogens is 693 g/mol. The van der Waals surface area contributed by atoms with Crippen LogP contribution in [0.4, 0.5) is 34.1 Å². The first kappa shape index (κ1) is 31.1. The topological polar surface area (TPSA) is 6.48 Å². The van der Waals surface area contributed by atoms with Gasteiger partial charge in [0.1, 0.15) is 0 Å². The molecule has 9 aromatic carbocycles. The molecule has 0 aliphatic carbocycles. The number of benzene rings is 9. The molecule has 0 atom stereocenters. The number of hydrogen-bond acceptors (Lipinski definition) is 4. The molecule has 0 N–H and O–H groups in total. The molecule has 11 aromatic rings. The quantitative estimate of drug-likeness (QED) is 0.168. The SMILES string of the molecule is c1ccc(N(c2ccccc2)c2cc3sc4c(ccc5c4sc4cc(N(c6ccccc6)c6ccccc6)c6ccccc6c45)c3c3ccccc23)cc1. The van der Waals surface area contributed by atoms with E-state index >= 15 is 0 Å². The van der Waals surface area contributed by atoms with Crippen molar-refractivity contribution < 1.29 is 0 Å². The predicted octanol–water partition coefficient (Wildman–Crippen LogP) is 15.7. The Morgan fingerprint density at radius 3 is 0.907 bits per heavy atom. The van der Waals surface area contributed by atoms with E-state index in [1.807, 2.05) is 22.7 Å². The van der Waals surface area contributed by atoms with E-state index in [0.717, 1.165) is 22.7 Å². The molecule has 0 spiro atoms. The number of nitrogens with zero attached hydrogens (tertiary/aromatic N) is 2. The first-order valence-corrected chi connectivity index (χ1v) is 19.9. The molecule has 2 nitrogen and oxygen atoms in total. The van der Waals surface area contributed by atoms with Crippen molar-refractivity contribution in [3.05, 3.63) is 194 Å². The van der Waals surface area contributed by atoms with Gasteiger partial charge in [-0.15, -0.1) is 22.7 Å². The van der Waals surface area contributed by atoms with Crippen molar-refractivity contribution in [1.82, 2.24) is 0 Å². The average Bonchev–Trinajstić information content (AvgIpc) is 3.81. The molecule has 54 heavy (non-hydrogen) atoms. The van der Waals surface area contributed by atoms with Gasteiger partial charge in [0.05, 0.1) is 20.8 Å². The molecule has 0 aliphatic rings. The smallest absolute Gasteiger partial charge is 0.0554 e. The molecule has 0 unspecified atom stereocenters. The second-order valence-electron chi connectivity index (χ2n) is 13.7. The summed E-state index contributed by atoms with van der Waals surface area (Å²) in [7, 11) is 0. The largest absolute Gasteiger partial charge is 0.310 e. The maximum atomic E-state index is 2.42. The van der Waals surface area contributed by atoms with Gasteiger partial charge in [-0.2, -0.15) is 0 Å². The Morgan fingerprint density at radius 2 is 0.574 bits per heavy atom. The zero-order chi connectivity index (χ0) is 35.6. The first-order chi connectivity index (χ1) is 26.8. The summed E-state index contributed by atoms with van der Waals surface area (Å²) in [5.41, 5.74) is 6.94. The van der Waals surface area contributed by atoms with Gasteiger partial charge in [-0.3, -0.25) is 0 Å². The van der Waals surface area contributed by atoms with Crippen LogP contribution in [0.3, 0.4) is 0 Å². The highest BCUT2D eigenvalue weighted by atomic mass is 32.1. The highest BCUT2D eigenvalue weighted by Gasteiger charge is 2.23. The summed E-state index contributed by atoms with van der Waals surface area (Å²) in [5, 5.41) is 10.4. The van der Waals surface area contributed by atoms with Crippen LogP contribution in [0, 0.1) is 0 Å². The molecule has 0 amide bonds. The van der Waals surface area contributed by atoms with Crippen molar-refractivity contribution in [3.63, 3.8) is 0 Å². The summed E-state index contributed by atoms with van der Waals surface area (Å²) in [5.74, 6) is 0. The van der Waals surface area contributed by atoms with Crippen LogP contribution in [0.2, 0.25) is 0 Å². The molecule has 254 valence electrons. The lowest BCUT2D eigenvalue weighted by molar-refractivity contribution is 1.30. The fraction of sp³-hybridized carbons (Fsp3) is 0. The molecule has 0 saturated carbocycles. The summed E-state index contributed by atoms with van der Waals surface area (Å²) in [4.78, 5) is 4.81. The van der Waals surface area contributed by atoms with Gasteiger partial charge in [-0.05, 0) is 71.4 Å². The lowest BCUT2D eigenvalue weighted by Gasteiger charge is -2.27. The third-order valence-electron chi connectivity index (χ3n) is 10.6. The molecular formula is C50H32N2S2. The van der Waals surface area contributed by atoms with Gasteiger partial charge < -0.3 is 9.80 Å². The van der Waals surface area contributed by atoms with Gasteiger partial charge in [0.25, 0.3) is 0 Å². The fourth-order valence-corrected chi connectivity index (χ4v) is 10.9. The van der Waals surface area contributed by atoms with Crippen molar-refractivity contribution in [3.8, 4) is 0 Å². The van der Waals surface area contributed by atoms with E-state index in [1.54, 1.807) is 0 Å². The standard InChI is InChI=1S/C50H32N2S2/c1-5-17-33(18-6-1)51(34-19-7-2-8-20-34)43-31-45-47(39-27-15-13-25-37(39)43)41-29-30-42-48-40-28-16-14-26-38(40)44(32-46(48)54-50(42)49(41)53-45)52(35-21-9-3-10-22-35)36-23-11-4-12-24-36/h1-32H. The van der Waals surface area contributed by atoms with Gasteiger partial charge >= 0.3 is 0 Å². The van der Waals surface area contributed by atoms with E-state index < -0.39 is 0 Å². The number of para-hydroxylation sites is 4. The third kappa shape index (κ3) is 4.85. The van der Waals surface area contributed by atoms with Gasteiger partial charge in [-0.25, -0.2) is 0 Å². The van der Waals surface area contributed by atoms with E-state index in [9.17, 15) is 0 Å². The minimum atomic E-state index is 1.14. The fourth-order valence-electron chi connectivity index (χ4n) is 8.29. The van der Waals surface area contributed by atoms with E-state index in [0.29, 0.717) is 0 Å². The summed E-state index contributed by atoms with van der Waals surface area (Å²) in [6.07, 6.45) is 0. The zero-order valence-electron chi connectivity index (χ0n) is 29.2. The molecule has 0 radical (unpaired) electrons. The minimum absolute atomic E-state index is 1.14. The molecule has 4 heteroatoms. The first-order valence-electron chi connectivity index (χ1n) is 18.3. The van der Waals surface area contributed by atoms with Crippen LogP contribution in [-0.4, -0.2) is 0 Å². The Morgan fingerprint density at radius 1 is 0.278 bits per heavy atom. The van der Waals surface area contributed by atoms with E-state index in [4.69, 9.17) is 0 Å². The van der Waals surface area contributed by atoms with Crippen LogP contribution in [0.25, 0.3) is 61.9 Å². The lowest BCUT2D eigenvalue weighted by atomic mass is 9.99. The summed E-state index contributed by atoms with van der Waals surface area (Å²) in [6.45, 7) is 0. The maximum Gasteiger partial charge on any atom is 0.0554 e. The lowest BCUT2D eigenvalue weighted by Crippen LogP contribution is -2.10. The summed E-state index contributed by atoms with van der Waals surface area (Å²) in [6, 6.07) is 70.4. The average molecular weight is 725 g/mol. The number of fused-ring (bicyclic) bond motifs is 11.